The zero-order chi connectivity index (χ0) is 26.1. The fourth-order valence-electron chi connectivity index (χ4n) is 4.04. The molecule has 4 rings (SSSR count). The molecule has 0 saturated carbocycles. The minimum Gasteiger partial charge on any atom is -0.353 e. The van der Waals surface area contributed by atoms with Crippen LogP contribution >= 0.6 is 0 Å². The van der Waals surface area contributed by atoms with Crippen LogP contribution in [-0.2, 0) is 26.5 Å². The van der Waals surface area contributed by atoms with Crippen molar-refractivity contribution in [1.29, 1.82) is 0 Å². The third kappa shape index (κ3) is 5.47. The van der Waals surface area contributed by atoms with E-state index >= 15 is 0 Å². The Morgan fingerprint density at radius 2 is 1.67 bits per heavy atom. The molecule has 3 heterocycles. The highest BCUT2D eigenvalue weighted by molar-refractivity contribution is 7.92. The Balaban J connectivity index is 1.71. The van der Waals surface area contributed by atoms with Crippen molar-refractivity contribution in [2.45, 2.75) is 25.2 Å². The topological polar surface area (TPSA) is 125 Å². The fourth-order valence-corrected chi connectivity index (χ4v) is 5.97. The first kappa shape index (κ1) is 25.9. The lowest BCUT2D eigenvalue weighted by molar-refractivity contribution is 0.387. The number of aromatic nitrogens is 3. The van der Waals surface area contributed by atoms with Gasteiger partial charge in [-0.05, 0) is 43.7 Å². The smallest absolute Gasteiger partial charge is 0.261 e. The number of nitrogens with zero attached hydrogens (tertiary/aromatic N) is 5. The Kier molecular flexibility index (Phi) is 7.25. The normalized spacial score (nSPS) is 15.2. The SMILES string of the molecule is CCc1ncnc(N2CCN(S(C)(=O)=O)CC2)c1-c1cnc(C)c(NS(=O)(=O)c2ccc(F)cc2)c1. The van der Waals surface area contributed by atoms with Crippen LogP contribution in [0.3, 0.4) is 0 Å². The summed E-state index contributed by atoms with van der Waals surface area (Å²) in [5.74, 6) is 0.0999. The summed E-state index contributed by atoms with van der Waals surface area (Å²) in [6.07, 6.45) is 4.90. The van der Waals surface area contributed by atoms with Crippen LogP contribution in [0.5, 0.6) is 0 Å². The largest absolute Gasteiger partial charge is 0.353 e. The molecule has 192 valence electrons. The number of benzene rings is 1. The lowest BCUT2D eigenvalue weighted by atomic mass is 10.0. The van der Waals surface area contributed by atoms with E-state index in [2.05, 4.69) is 19.7 Å². The molecule has 1 aliphatic heterocycles. The van der Waals surface area contributed by atoms with E-state index in [0.29, 0.717) is 55.2 Å². The maximum absolute atomic E-state index is 13.3. The lowest BCUT2D eigenvalue weighted by Crippen LogP contribution is -2.48. The highest BCUT2D eigenvalue weighted by Gasteiger charge is 2.27. The second-order valence-electron chi connectivity index (χ2n) is 8.44. The minimum atomic E-state index is -3.98. The molecule has 0 radical (unpaired) electrons. The standard InChI is InChI=1S/C23H27FN6O4S2/c1-4-20-22(23(27-15-26-20)29-9-11-30(12-10-29)35(3,31)32)17-13-21(16(2)25-14-17)28-36(33,34)19-7-5-18(24)6-8-19/h5-8,13-15,28H,4,9-12H2,1-3H3. The second kappa shape index (κ2) is 10.1. The summed E-state index contributed by atoms with van der Waals surface area (Å²) in [6, 6.07) is 6.23. The molecule has 0 atom stereocenters. The third-order valence-corrected chi connectivity index (χ3v) is 8.68. The first-order valence-corrected chi connectivity index (χ1v) is 14.6. The summed E-state index contributed by atoms with van der Waals surface area (Å²) in [5, 5.41) is 0. The Morgan fingerprint density at radius 1 is 1.00 bits per heavy atom. The summed E-state index contributed by atoms with van der Waals surface area (Å²) in [7, 11) is -7.26. The number of hydrogen-bond donors (Lipinski definition) is 1. The number of halogens is 1. The van der Waals surface area contributed by atoms with E-state index in [1.54, 1.807) is 19.2 Å². The number of hydrogen-bond acceptors (Lipinski definition) is 8. The van der Waals surface area contributed by atoms with Crippen LogP contribution in [-0.4, -0.2) is 68.5 Å². The average Bonchev–Trinajstić information content (AvgIpc) is 2.84. The van der Waals surface area contributed by atoms with Crippen LogP contribution in [0.2, 0.25) is 0 Å². The highest BCUT2D eigenvalue weighted by atomic mass is 32.2. The molecular weight excluding hydrogens is 507 g/mol. The van der Waals surface area contributed by atoms with Crippen LogP contribution in [0, 0.1) is 12.7 Å². The number of aryl methyl sites for hydroxylation is 2. The van der Waals surface area contributed by atoms with Crippen LogP contribution in [0.4, 0.5) is 15.9 Å². The maximum atomic E-state index is 13.3. The van der Waals surface area contributed by atoms with Gasteiger partial charge in [-0.25, -0.2) is 31.2 Å². The van der Waals surface area contributed by atoms with Crippen molar-refractivity contribution < 1.29 is 21.2 Å². The molecule has 36 heavy (non-hydrogen) atoms. The van der Waals surface area contributed by atoms with E-state index in [1.165, 1.54) is 29.0 Å². The summed E-state index contributed by atoms with van der Waals surface area (Å²) in [5.41, 5.74) is 2.82. The third-order valence-electron chi connectivity index (χ3n) is 5.99. The molecule has 1 aliphatic rings. The predicted molar refractivity (Wildman–Crippen MR) is 135 cm³/mol. The maximum Gasteiger partial charge on any atom is 0.261 e. The summed E-state index contributed by atoms with van der Waals surface area (Å²) < 4.78 is 66.9. The van der Waals surface area contributed by atoms with Gasteiger partial charge in [-0.15, -0.1) is 0 Å². The van der Waals surface area contributed by atoms with Gasteiger partial charge >= 0.3 is 0 Å². The quantitative estimate of drug-likeness (QED) is 0.490. The van der Waals surface area contributed by atoms with Gasteiger partial charge in [0.05, 0.1) is 28.2 Å². The molecule has 0 unspecified atom stereocenters. The molecule has 1 saturated heterocycles. The van der Waals surface area contributed by atoms with Gasteiger partial charge in [0.15, 0.2) is 0 Å². The molecule has 3 aromatic rings. The van der Waals surface area contributed by atoms with Gasteiger partial charge in [-0.3, -0.25) is 9.71 Å². The average molecular weight is 535 g/mol. The number of piperazine rings is 1. The number of anilines is 2. The van der Waals surface area contributed by atoms with Crippen molar-refractivity contribution >= 4 is 31.6 Å². The summed E-state index contributed by atoms with van der Waals surface area (Å²) >= 11 is 0. The monoisotopic (exact) mass is 534 g/mol. The molecule has 0 aliphatic carbocycles. The first-order chi connectivity index (χ1) is 17.0. The molecule has 10 nitrogen and oxygen atoms in total. The van der Waals surface area contributed by atoms with Crippen LogP contribution in [0.1, 0.15) is 18.3 Å². The van der Waals surface area contributed by atoms with E-state index in [-0.39, 0.29) is 10.6 Å². The van der Waals surface area contributed by atoms with Crippen molar-refractivity contribution in [2.75, 3.05) is 42.1 Å². The number of nitrogens with one attached hydrogen (secondary N) is 1. The predicted octanol–water partition coefficient (Wildman–Crippen LogP) is 2.43. The zero-order valence-corrected chi connectivity index (χ0v) is 21.8. The number of sulfonamides is 2. The van der Waals surface area contributed by atoms with E-state index in [4.69, 9.17) is 0 Å². The van der Waals surface area contributed by atoms with E-state index < -0.39 is 25.9 Å². The Morgan fingerprint density at radius 3 is 2.28 bits per heavy atom. The minimum absolute atomic E-state index is 0.0737. The van der Waals surface area contributed by atoms with E-state index in [9.17, 15) is 21.2 Å². The van der Waals surface area contributed by atoms with Crippen molar-refractivity contribution in [1.82, 2.24) is 19.3 Å². The van der Waals surface area contributed by atoms with Crippen molar-refractivity contribution in [2.24, 2.45) is 0 Å². The second-order valence-corrected chi connectivity index (χ2v) is 12.1. The highest BCUT2D eigenvalue weighted by Crippen LogP contribution is 2.34. The van der Waals surface area contributed by atoms with Gasteiger partial charge in [0.2, 0.25) is 10.0 Å². The summed E-state index contributed by atoms with van der Waals surface area (Å²) in [4.78, 5) is 15.3. The molecule has 1 aromatic carbocycles. The van der Waals surface area contributed by atoms with Gasteiger partial charge in [0.1, 0.15) is 18.0 Å². The molecule has 0 spiro atoms. The molecule has 1 fully saturated rings. The Labute approximate surface area is 210 Å². The molecular formula is C23H27FN6O4S2. The Bertz CT molecular complexity index is 1470. The van der Waals surface area contributed by atoms with Crippen molar-refractivity contribution in [3.05, 3.63) is 60.1 Å². The van der Waals surface area contributed by atoms with Gasteiger partial charge in [0.25, 0.3) is 10.0 Å². The van der Waals surface area contributed by atoms with Crippen LogP contribution in [0.25, 0.3) is 11.1 Å². The van der Waals surface area contributed by atoms with Gasteiger partial charge in [-0.1, -0.05) is 6.92 Å². The van der Waals surface area contributed by atoms with Crippen LogP contribution < -0.4 is 9.62 Å². The van der Waals surface area contributed by atoms with Gasteiger partial charge < -0.3 is 4.90 Å². The Hall–Kier alpha value is -3.16. The molecule has 0 bridgehead atoms. The van der Waals surface area contributed by atoms with Gasteiger partial charge in [-0.2, -0.15) is 4.31 Å². The van der Waals surface area contributed by atoms with Crippen molar-refractivity contribution in [3.8, 4) is 11.1 Å². The van der Waals surface area contributed by atoms with E-state index in [0.717, 1.165) is 17.8 Å². The first-order valence-electron chi connectivity index (χ1n) is 11.3. The lowest BCUT2D eigenvalue weighted by Gasteiger charge is -2.35. The molecule has 0 amide bonds. The van der Waals surface area contributed by atoms with Gasteiger partial charge in [0, 0.05) is 43.5 Å². The van der Waals surface area contributed by atoms with E-state index in [1.807, 2.05) is 11.8 Å². The number of rotatable bonds is 7. The molecule has 13 heteroatoms. The number of pyridine rings is 1. The molecule has 2 aromatic heterocycles. The van der Waals surface area contributed by atoms with Crippen molar-refractivity contribution in [3.63, 3.8) is 0 Å². The summed E-state index contributed by atoms with van der Waals surface area (Å²) in [6.45, 7) is 5.20. The fraction of sp³-hybridized carbons (Fsp3) is 0.348. The zero-order valence-electron chi connectivity index (χ0n) is 20.1. The molecule has 1 N–H and O–H groups in total. The van der Waals surface area contributed by atoms with Crippen LogP contribution in [0.15, 0.2) is 47.8 Å².